The minimum absolute atomic E-state index is 0.258. The molecule has 1 fully saturated rings. The fourth-order valence-electron chi connectivity index (χ4n) is 3.57. The number of hydrogen-bond donors (Lipinski definition) is 2. The molecule has 1 saturated heterocycles. The highest BCUT2D eigenvalue weighted by molar-refractivity contribution is 6.03. The van der Waals surface area contributed by atoms with Crippen LogP contribution in [0.2, 0.25) is 0 Å². The van der Waals surface area contributed by atoms with Gasteiger partial charge in [-0.05, 0) is 62.6 Å². The van der Waals surface area contributed by atoms with Crippen LogP contribution in [-0.4, -0.2) is 29.0 Å². The zero-order valence-electron chi connectivity index (χ0n) is 16.8. The van der Waals surface area contributed by atoms with Crippen molar-refractivity contribution in [3.63, 3.8) is 0 Å². The van der Waals surface area contributed by atoms with Gasteiger partial charge in [0.05, 0.1) is 0 Å². The topological polar surface area (TPSA) is 70.2 Å². The van der Waals surface area contributed by atoms with E-state index >= 15 is 0 Å². The molecule has 2 aromatic carbocycles. The molecular weight excluding hydrogens is 362 g/mol. The van der Waals surface area contributed by atoms with Crippen LogP contribution in [0.4, 0.5) is 22.9 Å². The van der Waals surface area contributed by atoms with Gasteiger partial charge in [-0.3, -0.25) is 4.79 Å². The van der Waals surface area contributed by atoms with E-state index in [-0.39, 0.29) is 5.91 Å². The summed E-state index contributed by atoms with van der Waals surface area (Å²) >= 11 is 0. The highest BCUT2D eigenvalue weighted by atomic mass is 16.1. The first kappa shape index (κ1) is 18.9. The molecule has 0 radical (unpaired) electrons. The van der Waals surface area contributed by atoms with Gasteiger partial charge in [-0.1, -0.05) is 17.7 Å². The zero-order valence-corrected chi connectivity index (χ0v) is 16.8. The molecule has 0 spiro atoms. The molecule has 0 unspecified atom stereocenters. The second-order valence-corrected chi connectivity index (χ2v) is 7.43. The monoisotopic (exact) mass is 387 g/mol. The highest BCUT2D eigenvalue weighted by Gasteiger charge is 2.13. The average molecular weight is 387 g/mol. The van der Waals surface area contributed by atoms with Crippen molar-refractivity contribution in [1.29, 1.82) is 0 Å². The Bertz CT molecular complexity index is 1010. The number of nitrogens with zero attached hydrogens (tertiary/aromatic N) is 3. The fraction of sp³-hybridized carbons (Fsp3) is 0.261. The number of nitrogens with one attached hydrogen (secondary N) is 2. The molecule has 6 nitrogen and oxygen atoms in total. The molecule has 1 aliphatic rings. The van der Waals surface area contributed by atoms with Gasteiger partial charge in [0.15, 0.2) is 0 Å². The van der Waals surface area contributed by atoms with Gasteiger partial charge in [0.1, 0.15) is 17.8 Å². The summed E-state index contributed by atoms with van der Waals surface area (Å²) in [5.74, 6) is 0.325. The Balaban J connectivity index is 1.44. The summed E-state index contributed by atoms with van der Waals surface area (Å²) in [6, 6.07) is 15.9. The minimum atomic E-state index is -0.258. The summed E-state index contributed by atoms with van der Waals surface area (Å²) in [7, 11) is 0. The van der Waals surface area contributed by atoms with Gasteiger partial charge in [0, 0.05) is 36.2 Å². The molecule has 29 heavy (non-hydrogen) atoms. The molecule has 2 N–H and O–H groups in total. The number of benzene rings is 2. The molecule has 148 valence electrons. The van der Waals surface area contributed by atoms with Gasteiger partial charge in [-0.25, -0.2) is 9.97 Å². The lowest BCUT2D eigenvalue weighted by atomic mass is 10.1. The molecule has 0 bridgehead atoms. The van der Waals surface area contributed by atoms with Crippen LogP contribution >= 0.6 is 0 Å². The lowest BCUT2D eigenvalue weighted by Crippen LogP contribution is -2.17. The summed E-state index contributed by atoms with van der Waals surface area (Å²) < 4.78 is 0. The van der Waals surface area contributed by atoms with Gasteiger partial charge in [-0.2, -0.15) is 0 Å². The van der Waals surface area contributed by atoms with Crippen LogP contribution in [0, 0.1) is 13.8 Å². The molecule has 0 atom stereocenters. The zero-order chi connectivity index (χ0) is 20.2. The molecule has 1 amide bonds. The van der Waals surface area contributed by atoms with Crippen LogP contribution in [0.3, 0.4) is 0 Å². The van der Waals surface area contributed by atoms with E-state index in [1.54, 1.807) is 6.07 Å². The van der Waals surface area contributed by atoms with Gasteiger partial charge in [0.2, 0.25) is 0 Å². The minimum Gasteiger partial charge on any atom is -0.372 e. The van der Waals surface area contributed by atoms with Crippen LogP contribution in [-0.2, 0) is 0 Å². The normalized spacial score (nSPS) is 13.4. The molecule has 3 aromatic rings. The summed E-state index contributed by atoms with van der Waals surface area (Å²) in [5, 5.41) is 6.17. The summed E-state index contributed by atoms with van der Waals surface area (Å²) in [6.07, 6.45) is 3.92. The third-order valence-corrected chi connectivity index (χ3v) is 5.14. The third kappa shape index (κ3) is 4.54. The van der Waals surface area contributed by atoms with Gasteiger partial charge < -0.3 is 15.5 Å². The van der Waals surface area contributed by atoms with Crippen LogP contribution in [0.15, 0.2) is 54.9 Å². The molecule has 1 aromatic heterocycles. The Morgan fingerprint density at radius 2 is 1.72 bits per heavy atom. The molecule has 1 aliphatic heterocycles. The Hall–Kier alpha value is -3.41. The first-order valence-corrected chi connectivity index (χ1v) is 9.91. The molecular formula is C23H25N5O. The van der Waals surface area contributed by atoms with Crippen LogP contribution in [0.25, 0.3) is 0 Å². The summed E-state index contributed by atoms with van der Waals surface area (Å²) in [6.45, 7) is 6.25. The SMILES string of the molecule is Cc1ccc(NC(=O)c2cc(Nc3ccc(N4CCCC4)cc3)ncn2)c(C)c1. The maximum absolute atomic E-state index is 12.6. The predicted molar refractivity (Wildman–Crippen MR) is 117 cm³/mol. The Morgan fingerprint density at radius 1 is 0.966 bits per heavy atom. The molecule has 4 rings (SSSR count). The maximum atomic E-state index is 12.6. The second kappa shape index (κ2) is 8.31. The van der Waals surface area contributed by atoms with Crippen molar-refractivity contribution in [2.75, 3.05) is 28.6 Å². The van der Waals surface area contributed by atoms with Crippen molar-refractivity contribution < 1.29 is 4.79 Å². The molecule has 6 heteroatoms. The van der Waals surface area contributed by atoms with Crippen LogP contribution in [0.1, 0.15) is 34.5 Å². The fourth-order valence-corrected chi connectivity index (χ4v) is 3.57. The van der Waals surface area contributed by atoms with E-state index in [9.17, 15) is 4.79 Å². The highest BCUT2D eigenvalue weighted by Crippen LogP contribution is 2.23. The van der Waals surface area contributed by atoms with E-state index in [2.05, 4.69) is 37.6 Å². The average Bonchev–Trinajstić information content (AvgIpc) is 3.26. The predicted octanol–water partition coefficient (Wildman–Crippen LogP) is 4.69. The smallest absolute Gasteiger partial charge is 0.274 e. The summed E-state index contributed by atoms with van der Waals surface area (Å²) in [5.41, 5.74) is 5.44. The lowest BCUT2D eigenvalue weighted by Gasteiger charge is -2.17. The number of rotatable bonds is 5. The van der Waals surface area contributed by atoms with Crippen molar-refractivity contribution in [2.45, 2.75) is 26.7 Å². The maximum Gasteiger partial charge on any atom is 0.274 e. The number of carbonyl (C=O) groups excluding carboxylic acids is 1. The molecule has 0 aliphatic carbocycles. The largest absolute Gasteiger partial charge is 0.372 e. The Labute approximate surface area is 171 Å². The van der Waals surface area contributed by atoms with E-state index in [1.165, 1.54) is 24.9 Å². The van der Waals surface area contributed by atoms with Gasteiger partial charge >= 0.3 is 0 Å². The van der Waals surface area contributed by atoms with E-state index in [1.807, 2.05) is 44.2 Å². The van der Waals surface area contributed by atoms with Crippen molar-refractivity contribution in [1.82, 2.24) is 9.97 Å². The number of aryl methyl sites for hydroxylation is 2. The van der Waals surface area contributed by atoms with Gasteiger partial charge in [0.25, 0.3) is 5.91 Å². The standard InChI is InChI=1S/C23H25N5O/c1-16-5-10-20(17(2)13-16)27-23(29)21-14-22(25-15-24-21)26-18-6-8-19(9-7-18)28-11-3-4-12-28/h5-10,13-15H,3-4,11-12H2,1-2H3,(H,27,29)(H,24,25,26). The molecule has 0 saturated carbocycles. The number of amides is 1. The van der Waals surface area contributed by atoms with Crippen LogP contribution < -0.4 is 15.5 Å². The quantitative estimate of drug-likeness (QED) is 0.665. The number of hydrogen-bond acceptors (Lipinski definition) is 5. The Kier molecular flexibility index (Phi) is 5.42. The second-order valence-electron chi connectivity index (χ2n) is 7.43. The van der Waals surface area contributed by atoms with E-state index < -0.39 is 0 Å². The van der Waals surface area contributed by atoms with Gasteiger partial charge in [-0.15, -0.1) is 0 Å². The van der Waals surface area contributed by atoms with Crippen LogP contribution in [0.5, 0.6) is 0 Å². The summed E-state index contributed by atoms with van der Waals surface area (Å²) in [4.78, 5) is 23.4. The third-order valence-electron chi connectivity index (χ3n) is 5.14. The number of carbonyl (C=O) groups is 1. The van der Waals surface area contributed by atoms with Crippen molar-refractivity contribution in [3.8, 4) is 0 Å². The van der Waals surface area contributed by atoms with E-state index in [4.69, 9.17) is 0 Å². The van der Waals surface area contributed by atoms with E-state index in [0.717, 1.165) is 35.6 Å². The van der Waals surface area contributed by atoms with Crippen molar-refractivity contribution in [2.24, 2.45) is 0 Å². The molecule has 2 heterocycles. The van der Waals surface area contributed by atoms with E-state index in [0.29, 0.717) is 11.5 Å². The Morgan fingerprint density at radius 3 is 2.45 bits per heavy atom. The van der Waals surface area contributed by atoms with Crippen molar-refractivity contribution >= 4 is 28.8 Å². The van der Waals surface area contributed by atoms with Crippen molar-refractivity contribution in [3.05, 3.63) is 71.7 Å². The first-order valence-electron chi connectivity index (χ1n) is 9.91. The number of anilines is 4. The lowest BCUT2D eigenvalue weighted by molar-refractivity contribution is 0.102. The first-order chi connectivity index (χ1) is 14.1. The number of aromatic nitrogens is 2.